The van der Waals surface area contributed by atoms with Crippen molar-refractivity contribution in [3.05, 3.63) is 23.0 Å². The van der Waals surface area contributed by atoms with Crippen LogP contribution in [-0.4, -0.2) is 53.2 Å². The van der Waals surface area contributed by atoms with Crippen LogP contribution in [0.5, 0.6) is 0 Å². The summed E-state index contributed by atoms with van der Waals surface area (Å²) in [4.78, 5) is 0. The van der Waals surface area contributed by atoms with Gasteiger partial charge >= 0.3 is 0 Å². The number of rotatable bonds is 28. The second-order valence-electron chi connectivity index (χ2n) is 9.86. The van der Waals surface area contributed by atoms with E-state index in [1.54, 1.807) is 14.2 Å². The van der Waals surface area contributed by atoms with Crippen molar-refractivity contribution in [1.29, 1.82) is 0 Å². The number of ether oxygens (including phenoxy) is 7. The lowest BCUT2D eigenvalue weighted by Gasteiger charge is -2.29. The van der Waals surface area contributed by atoms with E-state index >= 15 is 0 Å². The quantitative estimate of drug-likeness (QED) is 0.0539. The first-order chi connectivity index (χ1) is 19.1. The van der Waals surface area contributed by atoms with Crippen molar-refractivity contribution in [2.24, 2.45) is 0 Å². The molecule has 0 spiro atoms. The minimum atomic E-state index is -0.812. The molecule has 0 aliphatic carbocycles. The lowest BCUT2D eigenvalue weighted by molar-refractivity contribution is -0.227. The lowest BCUT2D eigenvalue weighted by atomic mass is 10.2. The summed E-state index contributed by atoms with van der Waals surface area (Å²) in [5.74, 6) is 2.77. The van der Waals surface area contributed by atoms with Crippen LogP contribution in [0.3, 0.4) is 0 Å². The Hall–Kier alpha value is -1.44. The Morgan fingerprint density at radius 3 is 1.03 bits per heavy atom. The van der Waals surface area contributed by atoms with Crippen LogP contribution in [-0.2, 0) is 33.2 Å². The van der Waals surface area contributed by atoms with Gasteiger partial charge in [-0.15, -0.1) is 0 Å². The van der Waals surface area contributed by atoms with E-state index < -0.39 is 12.6 Å². The SMILES string of the molecule is CCCCOC(CCCC)=C(OCCCC)C(OC)OC(OC)C(OCCCC)=C(CCCC)OCCCC. The lowest BCUT2D eigenvalue weighted by Crippen LogP contribution is -2.32. The summed E-state index contributed by atoms with van der Waals surface area (Å²) < 4.78 is 43.5. The monoisotopic (exact) mass is 558 g/mol. The molecule has 0 aromatic heterocycles. The number of unbranched alkanes of at least 4 members (excludes halogenated alkanes) is 6. The Kier molecular flexibility index (Phi) is 25.8. The minimum Gasteiger partial charge on any atom is -0.494 e. The molecule has 7 heteroatoms. The van der Waals surface area contributed by atoms with Crippen LogP contribution < -0.4 is 0 Å². The molecule has 0 N–H and O–H groups in total. The summed E-state index contributed by atoms with van der Waals surface area (Å²) >= 11 is 0. The minimum absolute atomic E-state index is 0.567. The maximum atomic E-state index is 6.50. The van der Waals surface area contributed by atoms with E-state index in [1.165, 1.54) is 0 Å². The van der Waals surface area contributed by atoms with Gasteiger partial charge in [-0.3, -0.25) is 0 Å². The van der Waals surface area contributed by atoms with Crippen molar-refractivity contribution in [3.63, 3.8) is 0 Å². The van der Waals surface area contributed by atoms with Gasteiger partial charge in [0.05, 0.1) is 26.4 Å². The third kappa shape index (κ3) is 17.1. The Bertz CT molecular complexity index is 566. The molecule has 0 heterocycles. The maximum absolute atomic E-state index is 6.50. The van der Waals surface area contributed by atoms with E-state index in [9.17, 15) is 0 Å². The molecule has 0 aromatic rings. The molecule has 0 aliphatic rings. The zero-order chi connectivity index (χ0) is 29.1. The van der Waals surface area contributed by atoms with Gasteiger partial charge in [-0.2, -0.15) is 0 Å². The summed E-state index contributed by atoms with van der Waals surface area (Å²) in [5, 5.41) is 0. The topological polar surface area (TPSA) is 64.6 Å². The fourth-order valence-electron chi connectivity index (χ4n) is 3.66. The van der Waals surface area contributed by atoms with E-state index in [0.717, 1.165) is 101 Å². The molecule has 232 valence electrons. The fourth-order valence-corrected chi connectivity index (χ4v) is 3.66. The van der Waals surface area contributed by atoms with Gasteiger partial charge < -0.3 is 33.2 Å². The normalized spacial score (nSPS) is 14.4. The Balaban J connectivity index is 6.40. The van der Waals surface area contributed by atoms with Crippen molar-refractivity contribution >= 4 is 0 Å². The van der Waals surface area contributed by atoms with Gasteiger partial charge in [0.2, 0.25) is 12.6 Å². The van der Waals surface area contributed by atoms with E-state index in [1.807, 2.05) is 0 Å². The Morgan fingerprint density at radius 1 is 0.436 bits per heavy atom. The molecule has 0 rings (SSSR count). The predicted octanol–water partition coefficient (Wildman–Crippen LogP) is 9.02. The molecule has 7 nitrogen and oxygen atoms in total. The Labute approximate surface area is 240 Å². The molecule has 0 bridgehead atoms. The molecule has 0 amide bonds. The highest BCUT2D eigenvalue weighted by atomic mass is 16.8. The van der Waals surface area contributed by atoms with Gasteiger partial charge in [0.25, 0.3) is 0 Å². The van der Waals surface area contributed by atoms with Crippen LogP contribution in [0.15, 0.2) is 23.0 Å². The number of hydrogen-bond donors (Lipinski definition) is 0. The molecule has 0 aromatic carbocycles. The number of allylic oxidation sites excluding steroid dienone is 2. The zero-order valence-electron chi connectivity index (χ0n) is 26.7. The van der Waals surface area contributed by atoms with Gasteiger partial charge in [-0.1, -0.05) is 80.1 Å². The summed E-state index contributed by atoms with van der Waals surface area (Å²) in [6.07, 6.45) is 12.0. The maximum Gasteiger partial charge on any atom is 0.222 e. The van der Waals surface area contributed by atoms with Crippen LogP contribution in [0, 0.1) is 0 Å². The molecule has 39 heavy (non-hydrogen) atoms. The van der Waals surface area contributed by atoms with E-state index in [-0.39, 0.29) is 0 Å². The average molecular weight is 559 g/mol. The second kappa shape index (κ2) is 26.8. The van der Waals surface area contributed by atoms with Crippen LogP contribution >= 0.6 is 0 Å². The van der Waals surface area contributed by atoms with Gasteiger partial charge in [0.1, 0.15) is 11.5 Å². The van der Waals surface area contributed by atoms with Crippen LogP contribution in [0.2, 0.25) is 0 Å². The first-order valence-corrected chi connectivity index (χ1v) is 15.8. The Morgan fingerprint density at radius 2 is 0.744 bits per heavy atom. The molecule has 0 saturated carbocycles. The molecule has 0 saturated heterocycles. The van der Waals surface area contributed by atoms with Gasteiger partial charge in [-0.25, -0.2) is 0 Å². The highest BCUT2D eigenvalue weighted by molar-refractivity contribution is 5.09. The summed E-state index contributed by atoms with van der Waals surface area (Å²) in [7, 11) is 3.25. The molecule has 2 unspecified atom stereocenters. The van der Waals surface area contributed by atoms with E-state index in [0.29, 0.717) is 37.9 Å². The fraction of sp³-hybridized carbons (Fsp3) is 0.875. The van der Waals surface area contributed by atoms with Crippen molar-refractivity contribution in [1.82, 2.24) is 0 Å². The first kappa shape index (κ1) is 37.6. The number of methoxy groups -OCH3 is 2. The third-order valence-corrected chi connectivity index (χ3v) is 6.23. The summed E-state index contributed by atoms with van der Waals surface area (Å²) in [6, 6.07) is 0. The molecule has 0 fully saturated rings. The van der Waals surface area contributed by atoms with Crippen molar-refractivity contribution < 1.29 is 33.2 Å². The van der Waals surface area contributed by atoms with E-state index in [2.05, 4.69) is 41.5 Å². The third-order valence-electron chi connectivity index (χ3n) is 6.23. The number of hydrogen-bond acceptors (Lipinski definition) is 7. The summed E-state index contributed by atoms with van der Waals surface area (Å²) in [6.45, 7) is 15.4. The molecular weight excluding hydrogens is 496 g/mol. The first-order valence-electron chi connectivity index (χ1n) is 15.8. The molecule has 2 atom stereocenters. The average Bonchev–Trinajstić information content (AvgIpc) is 2.95. The molecular formula is C32H62O7. The van der Waals surface area contributed by atoms with Crippen molar-refractivity contribution in [2.75, 3.05) is 40.6 Å². The van der Waals surface area contributed by atoms with Crippen molar-refractivity contribution in [2.45, 2.75) is 144 Å². The molecule has 0 aliphatic heterocycles. The highest BCUT2D eigenvalue weighted by Gasteiger charge is 2.31. The van der Waals surface area contributed by atoms with Crippen LogP contribution in [0.4, 0.5) is 0 Å². The van der Waals surface area contributed by atoms with Gasteiger partial charge in [-0.05, 0) is 38.5 Å². The van der Waals surface area contributed by atoms with E-state index in [4.69, 9.17) is 33.2 Å². The van der Waals surface area contributed by atoms with Crippen LogP contribution in [0.1, 0.15) is 131 Å². The largest absolute Gasteiger partial charge is 0.494 e. The smallest absolute Gasteiger partial charge is 0.222 e. The van der Waals surface area contributed by atoms with Gasteiger partial charge in [0, 0.05) is 27.1 Å². The highest BCUT2D eigenvalue weighted by Crippen LogP contribution is 2.27. The van der Waals surface area contributed by atoms with Crippen molar-refractivity contribution in [3.8, 4) is 0 Å². The van der Waals surface area contributed by atoms with Gasteiger partial charge in [0.15, 0.2) is 11.5 Å². The van der Waals surface area contributed by atoms with Crippen LogP contribution in [0.25, 0.3) is 0 Å². The standard InChI is InChI=1S/C32H62O7/c1-9-15-21-27(35-23-17-11-3)29(37-25-19-13-5)31(33-7)39-32(34-8)30(38-26-20-14-6)28(22-16-10-2)36-24-18-12-4/h31-32H,9-26H2,1-8H3. The summed E-state index contributed by atoms with van der Waals surface area (Å²) in [5.41, 5.74) is 0. The zero-order valence-corrected chi connectivity index (χ0v) is 26.7. The molecule has 0 radical (unpaired) electrons. The second-order valence-corrected chi connectivity index (χ2v) is 9.86. The predicted molar refractivity (Wildman–Crippen MR) is 159 cm³/mol.